The van der Waals surface area contributed by atoms with Crippen molar-refractivity contribution in [1.29, 1.82) is 0 Å². The molecule has 0 unspecified atom stereocenters. The highest BCUT2D eigenvalue weighted by Crippen LogP contribution is 2.23. The first-order chi connectivity index (χ1) is 7.88. The van der Waals surface area contributed by atoms with E-state index in [1.807, 2.05) is 6.92 Å². The molecule has 0 spiro atoms. The molecule has 0 aromatic carbocycles. The molecule has 0 aliphatic heterocycles. The van der Waals surface area contributed by atoms with E-state index in [2.05, 4.69) is 15.3 Å². The molecule has 0 saturated carbocycles. The van der Waals surface area contributed by atoms with E-state index >= 15 is 0 Å². The molecule has 1 heterocycles. The summed E-state index contributed by atoms with van der Waals surface area (Å²) in [7, 11) is 0. The van der Waals surface area contributed by atoms with E-state index in [0.717, 1.165) is 0 Å². The third-order valence-electron chi connectivity index (χ3n) is 2.28. The van der Waals surface area contributed by atoms with E-state index in [1.54, 1.807) is 20.8 Å². The minimum absolute atomic E-state index is 0.464. The highest BCUT2D eigenvalue weighted by atomic mass is 16.5. The molecule has 0 aliphatic carbocycles. The largest absolute Gasteiger partial charge is 0.480 e. The molecule has 6 nitrogen and oxygen atoms in total. The van der Waals surface area contributed by atoms with E-state index in [0.29, 0.717) is 23.9 Å². The number of ether oxygens (including phenoxy) is 1. The van der Waals surface area contributed by atoms with Gasteiger partial charge in [-0.3, -0.25) is 0 Å². The van der Waals surface area contributed by atoms with Crippen LogP contribution in [-0.4, -0.2) is 33.2 Å². The maximum atomic E-state index is 11.0. The van der Waals surface area contributed by atoms with Crippen molar-refractivity contribution >= 4 is 11.8 Å². The summed E-state index contributed by atoms with van der Waals surface area (Å²) in [5, 5.41) is 11.9. The second-order valence-electron chi connectivity index (χ2n) is 4.14. The molecule has 0 amide bonds. The van der Waals surface area contributed by atoms with Crippen molar-refractivity contribution in [3.05, 3.63) is 11.9 Å². The van der Waals surface area contributed by atoms with Crippen LogP contribution in [0.5, 0.6) is 5.88 Å². The van der Waals surface area contributed by atoms with Crippen molar-refractivity contribution in [2.45, 2.75) is 33.2 Å². The van der Waals surface area contributed by atoms with E-state index < -0.39 is 11.5 Å². The maximum Gasteiger partial charge on any atom is 0.328 e. The zero-order valence-electron chi connectivity index (χ0n) is 10.4. The average molecular weight is 239 g/mol. The van der Waals surface area contributed by atoms with Gasteiger partial charge in [0.15, 0.2) is 0 Å². The van der Waals surface area contributed by atoms with Crippen LogP contribution >= 0.6 is 0 Å². The summed E-state index contributed by atoms with van der Waals surface area (Å²) < 4.78 is 5.31. The lowest BCUT2D eigenvalue weighted by Crippen LogP contribution is -2.40. The molecule has 0 radical (unpaired) electrons. The van der Waals surface area contributed by atoms with E-state index in [-0.39, 0.29) is 0 Å². The topological polar surface area (TPSA) is 84.3 Å². The summed E-state index contributed by atoms with van der Waals surface area (Å²) in [6.45, 7) is 7.27. The number of carboxylic acid groups (broad SMARTS) is 1. The summed E-state index contributed by atoms with van der Waals surface area (Å²) in [5.41, 5.74) is -0.397. The van der Waals surface area contributed by atoms with Gasteiger partial charge in [-0.2, -0.15) is 0 Å². The van der Waals surface area contributed by atoms with E-state index in [1.165, 1.54) is 6.33 Å². The van der Waals surface area contributed by atoms with Crippen LogP contribution in [0.4, 0.5) is 5.82 Å². The van der Waals surface area contributed by atoms with Crippen molar-refractivity contribution in [2.24, 2.45) is 0 Å². The number of aliphatic carboxylic acids is 1. The van der Waals surface area contributed by atoms with Gasteiger partial charge in [0.2, 0.25) is 5.88 Å². The quantitative estimate of drug-likeness (QED) is 0.809. The van der Waals surface area contributed by atoms with Crippen LogP contribution in [0.15, 0.2) is 6.33 Å². The molecule has 0 atom stereocenters. The Bertz CT molecular complexity index is 418. The highest BCUT2D eigenvalue weighted by molar-refractivity contribution is 5.81. The first-order valence-corrected chi connectivity index (χ1v) is 5.34. The van der Waals surface area contributed by atoms with Crippen LogP contribution in [0.2, 0.25) is 0 Å². The molecule has 0 fully saturated rings. The number of nitrogens with zero attached hydrogens (tertiary/aromatic N) is 2. The molecule has 17 heavy (non-hydrogen) atoms. The number of rotatable bonds is 5. The molecular formula is C11H17N3O3. The van der Waals surface area contributed by atoms with Gasteiger partial charge in [-0.1, -0.05) is 0 Å². The zero-order chi connectivity index (χ0) is 13.1. The lowest BCUT2D eigenvalue weighted by Gasteiger charge is -2.23. The third-order valence-corrected chi connectivity index (χ3v) is 2.28. The molecule has 94 valence electrons. The van der Waals surface area contributed by atoms with Crippen LogP contribution < -0.4 is 10.1 Å². The Morgan fingerprint density at radius 2 is 2.18 bits per heavy atom. The summed E-state index contributed by atoms with van der Waals surface area (Å²) in [6, 6.07) is 0. The van der Waals surface area contributed by atoms with Gasteiger partial charge in [-0.15, -0.1) is 0 Å². The number of hydrogen-bond donors (Lipinski definition) is 2. The van der Waals surface area contributed by atoms with Crippen LogP contribution in [0.25, 0.3) is 0 Å². The minimum atomic E-state index is -1.09. The van der Waals surface area contributed by atoms with E-state index in [4.69, 9.17) is 9.84 Å². The Hall–Kier alpha value is -1.85. The highest BCUT2D eigenvalue weighted by Gasteiger charge is 2.28. The molecule has 0 bridgehead atoms. The normalized spacial score (nSPS) is 11.1. The lowest BCUT2D eigenvalue weighted by molar-refractivity contribution is -0.141. The first kappa shape index (κ1) is 13.2. The van der Waals surface area contributed by atoms with Crippen molar-refractivity contribution < 1.29 is 14.6 Å². The average Bonchev–Trinajstić information content (AvgIpc) is 2.24. The predicted molar refractivity (Wildman–Crippen MR) is 63.3 cm³/mol. The Morgan fingerprint density at radius 3 is 2.71 bits per heavy atom. The minimum Gasteiger partial charge on any atom is -0.480 e. The smallest absolute Gasteiger partial charge is 0.328 e. The fourth-order valence-corrected chi connectivity index (χ4v) is 1.19. The van der Waals surface area contributed by atoms with Gasteiger partial charge in [0, 0.05) is 0 Å². The third kappa shape index (κ3) is 3.05. The number of aromatic nitrogens is 2. The summed E-state index contributed by atoms with van der Waals surface area (Å²) in [5.74, 6) is -0.0180. The summed E-state index contributed by atoms with van der Waals surface area (Å²) in [6.07, 6.45) is 1.35. The van der Waals surface area contributed by atoms with Crippen molar-refractivity contribution in [2.75, 3.05) is 11.9 Å². The van der Waals surface area contributed by atoms with Crippen molar-refractivity contribution in [3.8, 4) is 5.88 Å². The molecular weight excluding hydrogens is 222 g/mol. The number of anilines is 1. The molecule has 2 N–H and O–H groups in total. The molecule has 1 aromatic heterocycles. The Labute approximate surface area is 100 Å². The van der Waals surface area contributed by atoms with Gasteiger partial charge in [-0.25, -0.2) is 14.8 Å². The monoisotopic (exact) mass is 239 g/mol. The molecule has 0 aliphatic rings. The first-order valence-electron chi connectivity index (χ1n) is 5.34. The number of nitrogens with one attached hydrogen (secondary N) is 1. The van der Waals surface area contributed by atoms with Crippen LogP contribution in [0.3, 0.4) is 0 Å². The van der Waals surface area contributed by atoms with Crippen molar-refractivity contribution in [3.63, 3.8) is 0 Å². The molecule has 1 aromatic rings. The van der Waals surface area contributed by atoms with Gasteiger partial charge in [0.05, 0.1) is 12.2 Å². The van der Waals surface area contributed by atoms with Crippen LogP contribution in [-0.2, 0) is 4.79 Å². The van der Waals surface area contributed by atoms with Gasteiger partial charge >= 0.3 is 5.97 Å². The Morgan fingerprint density at radius 1 is 1.53 bits per heavy atom. The van der Waals surface area contributed by atoms with Crippen LogP contribution in [0.1, 0.15) is 26.3 Å². The maximum absolute atomic E-state index is 11.0. The standard InChI is InChI=1S/C11H17N3O3/c1-5-17-9-7(2)8(12-6-13-9)14-11(3,4)10(15)16/h6H,5H2,1-4H3,(H,15,16)(H,12,13,14). The Kier molecular flexibility index (Phi) is 3.88. The number of carbonyl (C=O) groups is 1. The van der Waals surface area contributed by atoms with Gasteiger partial charge in [0.25, 0.3) is 0 Å². The van der Waals surface area contributed by atoms with Gasteiger partial charge in [0.1, 0.15) is 17.7 Å². The predicted octanol–water partition coefficient (Wildman–Crippen LogP) is 1.46. The van der Waals surface area contributed by atoms with Gasteiger partial charge in [-0.05, 0) is 27.7 Å². The second kappa shape index (κ2) is 4.99. The summed E-state index contributed by atoms with van der Waals surface area (Å²) >= 11 is 0. The zero-order valence-corrected chi connectivity index (χ0v) is 10.4. The second-order valence-corrected chi connectivity index (χ2v) is 4.14. The van der Waals surface area contributed by atoms with Gasteiger partial charge < -0.3 is 15.2 Å². The lowest BCUT2D eigenvalue weighted by atomic mass is 10.1. The van der Waals surface area contributed by atoms with Crippen molar-refractivity contribution in [1.82, 2.24) is 9.97 Å². The van der Waals surface area contributed by atoms with Crippen LogP contribution in [0, 0.1) is 6.92 Å². The fourth-order valence-electron chi connectivity index (χ4n) is 1.19. The SMILES string of the molecule is CCOc1ncnc(NC(C)(C)C(=O)O)c1C. The number of hydrogen-bond acceptors (Lipinski definition) is 5. The summed E-state index contributed by atoms with van der Waals surface area (Å²) in [4.78, 5) is 19.0. The Balaban J connectivity index is 2.99. The number of carboxylic acids is 1. The fraction of sp³-hybridized carbons (Fsp3) is 0.545. The molecule has 1 rings (SSSR count). The molecule has 6 heteroatoms. The molecule has 0 saturated heterocycles. The van der Waals surface area contributed by atoms with E-state index in [9.17, 15) is 4.79 Å².